The van der Waals surface area contributed by atoms with E-state index in [1.54, 1.807) is 11.8 Å². The summed E-state index contributed by atoms with van der Waals surface area (Å²) in [5.74, 6) is 1.63. The number of fused-ring (bicyclic) bond motifs is 1. The van der Waals surface area contributed by atoms with Crippen LogP contribution in [0, 0.1) is 6.92 Å². The largest absolute Gasteiger partial charge is 0.270 e. The fraction of sp³-hybridized carbons (Fsp3) is 0.0769. The summed E-state index contributed by atoms with van der Waals surface area (Å²) in [5.41, 5.74) is 4.52. The number of benzene rings is 4. The summed E-state index contributed by atoms with van der Waals surface area (Å²) in [6, 6.07) is 31.1. The second-order valence-electron chi connectivity index (χ2n) is 7.41. The second-order valence-corrected chi connectivity index (χ2v) is 8.79. The molecule has 0 spiro atoms. The molecule has 0 N–H and O–H groups in total. The third-order valence-electron chi connectivity index (χ3n) is 5.26. The predicted molar refractivity (Wildman–Crippen MR) is 130 cm³/mol. The molecule has 0 unspecified atom stereocenters. The molecule has 0 atom stereocenters. The van der Waals surface area contributed by atoms with Crippen molar-refractivity contribution in [2.75, 3.05) is 0 Å². The van der Waals surface area contributed by atoms with Gasteiger partial charge in [0.2, 0.25) is 0 Å². The molecule has 31 heavy (non-hydrogen) atoms. The Hall–Kier alpha value is -3.08. The summed E-state index contributed by atoms with van der Waals surface area (Å²) in [5, 5.41) is 13.2. The van der Waals surface area contributed by atoms with Crippen LogP contribution in [-0.2, 0) is 5.75 Å². The van der Waals surface area contributed by atoms with E-state index in [1.807, 2.05) is 24.3 Å². The van der Waals surface area contributed by atoms with Crippen molar-refractivity contribution < 1.29 is 0 Å². The van der Waals surface area contributed by atoms with Crippen molar-refractivity contribution in [2.45, 2.75) is 17.8 Å². The number of hydrogen-bond acceptors (Lipinski definition) is 3. The van der Waals surface area contributed by atoms with Gasteiger partial charge in [0.05, 0.1) is 0 Å². The van der Waals surface area contributed by atoms with Crippen LogP contribution < -0.4 is 0 Å². The molecular formula is C26H20ClN3S. The lowest BCUT2D eigenvalue weighted by molar-refractivity contribution is 0.886. The molecule has 5 rings (SSSR count). The normalized spacial score (nSPS) is 11.2. The second kappa shape index (κ2) is 8.58. The van der Waals surface area contributed by atoms with E-state index in [0.29, 0.717) is 5.02 Å². The van der Waals surface area contributed by atoms with Crippen LogP contribution in [0.2, 0.25) is 5.02 Å². The zero-order valence-corrected chi connectivity index (χ0v) is 18.6. The first kappa shape index (κ1) is 19.9. The van der Waals surface area contributed by atoms with E-state index in [2.05, 4.69) is 88.4 Å². The first-order chi connectivity index (χ1) is 15.2. The maximum atomic E-state index is 6.14. The summed E-state index contributed by atoms with van der Waals surface area (Å²) in [6.07, 6.45) is 0. The van der Waals surface area contributed by atoms with E-state index in [-0.39, 0.29) is 0 Å². The monoisotopic (exact) mass is 441 g/mol. The van der Waals surface area contributed by atoms with Crippen LogP contribution in [0.3, 0.4) is 0 Å². The molecule has 0 fully saturated rings. The molecule has 1 heterocycles. The number of hydrogen-bond donors (Lipinski definition) is 0. The van der Waals surface area contributed by atoms with Crippen LogP contribution in [0.15, 0.2) is 96.2 Å². The molecule has 0 aliphatic rings. The summed E-state index contributed by atoms with van der Waals surface area (Å²) in [7, 11) is 0. The zero-order valence-electron chi connectivity index (χ0n) is 17.0. The molecule has 0 saturated carbocycles. The first-order valence-electron chi connectivity index (χ1n) is 10.1. The van der Waals surface area contributed by atoms with Crippen LogP contribution in [0.5, 0.6) is 0 Å². The molecule has 0 amide bonds. The lowest BCUT2D eigenvalue weighted by atomic mass is 10.1. The summed E-state index contributed by atoms with van der Waals surface area (Å²) < 4.78 is 2.11. The fourth-order valence-corrected chi connectivity index (χ4v) is 4.72. The zero-order chi connectivity index (χ0) is 21.2. The molecule has 0 saturated heterocycles. The Morgan fingerprint density at radius 1 is 0.806 bits per heavy atom. The Morgan fingerprint density at radius 3 is 2.35 bits per heavy atom. The number of aromatic nitrogens is 3. The maximum absolute atomic E-state index is 6.14. The molecule has 4 aromatic carbocycles. The lowest BCUT2D eigenvalue weighted by Gasteiger charge is -2.11. The molecule has 1 aromatic heterocycles. The fourth-order valence-electron chi connectivity index (χ4n) is 3.64. The average Bonchev–Trinajstić information content (AvgIpc) is 3.22. The van der Waals surface area contributed by atoms with Crippen LogP contribution in [0.4, 0.5) is 0 Å². The number of nitrogens with zero attached hydrogens (tertiary/aromatic N) is 3. The van der Waals surface area contributed by atoms with Crippen LogP contribution >= 0.6 is 23.4 Å². The van der Waals surface area contributed by atoms with Crippen molar-refractivity contribution in [3.05, 3.63) is 107 Å². The summed E-state index contributed by atoms with van der Waals surface area (Å²) in [4.78, 5) is 0. The number of aryl methyl sites for hydroxylation is 1. The van der Waals surface area contributed by atoms with Gasteiger partial charge in [0.1, 0.15) is 0 Å². The van der Waals surface area contributed by atoms with Crippen molar-refractivity contribution in [3.63, 3.8) is 0 Å². The standard InChI is InChI=1S/C26H20ClN3S/c1-18-9-11-20(12-10-18)25-28-29-26(30(25)23-15-13-22(27)14-16-23)31-17-21-7-4-6-19-5-2-3-8-24(19)21/h2-16H,17H2,1H3. The first-order valence-corrected chi connectivity index (χ1v) is 11.4. The van der Waals surface area contributed by atoms with Gasteiger partial charge in [0, 0.05) is 22.0 Å². The van der Waals surface area contributed by atoms with Gasteiger partial charge >= 0.3 is 0 Å². The van der Waals surface area contributed by atoms with E-state index < -0.39 is 0 Å². The highest BCUT2D eigenvalue weighted by Gasteiger charge is 2.16. The van der Waals surface area contributed by atoms with E-state index >= 15 is 0 Å². The molecule has 152 valence electrons. The van der Waals surface area contributed by atoms with Crippen LogP contribution in [0.25, 0.3) is 27.8 Å². The van der Waals surface area contributed by atoms with Crippen molar-refractivity contribution in [1.29, 1.82) is 0 Å². The maximum Gasteiger partial charge on any atom is 0.196 e. The topological polar surface area (TPSA) is 30.7 Å². The summed E-state index contributed by atoms with van der Waals surface area (Å²) >= 11 is 7.83. The quantitative estimate of drug-likeness (QED) is 0.267. The lowest BCUT2D eigenvalue weighted by Crippen LogP contribution is -2.00. The molecule has 5 aromatic rings. The number of thioether (sulfide) groups is 1. The highest BCUT2D eigenvalue weighted by molar-refractivity contribution is 7.98. The molecule has 0 bridgehead atoms. The third kappa shape index (κ3) is 4.09. The number of halogens is 1. The van der Waals surface area contributed by atoms with E-state index in [4.69, 9.17) is 11.6 Å². The molecule has 0 radical (unpaired) electrons. The van der Waals surface area contributed by atoms with Gasteiger partial charge < -0.3 is 0 Å². The Labute approximate surface area is 190 Å². The predicted octanol–water partition coefficient (Wildman–Crippen LogP) is 7.34. The van der Waals surface area contributed by atoms with Crippen molar-refractivity contribution in [2.24, 2.45) is 0 Å². The average molecular weight is 442 g/mol. The van der Waals surface area contributed by atoms with Crippen LogP contribution in [0.1, 0.15) is 11.1 Å². The third-order valence-corrected chi connectivity index (χ3v) is 6.49. The minimum Gasteiger partial charge on any atom is -0.270 e. The molecule has 0 aliphatic carbocycles. The minimum atomic E-state index is 0.707. The molecular weight excluding hydrogens is 422 g/mol. The van der Waals surface area contributed by atoms with Gasteiger partial charge in [0.25, 0.3) is 0 Å². The van der Waals surface area contributed by atoms with Gasteiger partial charge in [-0.3, -0.25) is 4.57 Å². The van der Waals surface area contributed by atoms with Gasteiger partial charge in [-0.15, -0.1) is 10.2 Å². The molecule has 3 nitrogen and oxygen atoms in total. The smallest absolute Gasteiger partial charge is 0.196 e. The van der Waals surface area contributed by atoms with Gasteiger partial charge in [-0.25, -0.2) is 0 Å². The summed E-state index contributed by atoms with van der Waals surface area (Å²) in [6.45, 7) is 2.08. The van der Waals surface area contributed by atoms with E-state index in [1.165, 1.54) is 21.9 Å². The van der Waals surface area contributed by atoms with Crippen LogP contribution in [-0.4, -0.2) is 14.8 Å². The van der Waals surface area contributed by atoms with E-state index in [9.17, 15) is 0 Å². The van der Waals surface area contributed by atoms with E-state index in [0.717, 1.165) is 28.0 Å². The minimum absolute atomic E-state index is 0.707. The Bertz CT molecular complexity index is 1340. The number of rotatable bonds is 5. The Kier molecular flexibility index (Phi) is 5.49. The molecule has 5 heteroatoms. The highest BCUT2D eigenvalue weighted by atomic mass is 35.5. The van der Waals surface area contributed by atoms with Gasteiger partial charge in [0.15, 0.2) is 11.0 Å². The SMILES string of the molecule is Cc1ccc(-c2nnc(SCc3cccc4ccccc34)n2-c2ccc(Cl)cc2)cc1. The Balaban J connectivity index is 1.55. The van der Waals surface area contributed by atoms with Crippen molar-refractivity contribution in [1.82, 2.24) is 14.8 Å². The van der Waals surface area contributed by atoms with Gasteiger partial charge in [-0.1, -0.05) is 95.7 Å². The van der Waals surface area contributed by atoms with Crippen molar-refractivity contribution in [3.8, 4) is 17.1 Å². The van der Waals surface area contributed by atoms with Crippen molar-refractivity contribution >= 4 is 34.1 Å². The Morgan fingerprint density at radius 2 is 1.55 bits per heavy atom. The van der Waals surface area contributed by atoms with Gasteiger partial charge in [-0.2, -0.15) is 0 Å². The highest BCUT2D eigenvalue weighted by Crippen LogP contribution is 2.32. The molecule has 0 aliphatic heterocycles. The van der Waals surface area contributed by atoms with Gasteiger partial charge in [-0.05, 0) is 47.5 Å².